The molecule has 0 amide bonds. The van der Waals surface area contributed by atoms with Crippen molar-refractivity contribution in [2.24, 2.45) is 0 Å². The average Bonchev–Trinajstić information content (AvgIpc) is 3.57. The van der Waals surface area contributed by atoms with Crippen LogP contribution in [0, 0.1) is 0 Å². The summed E-state index contributed by atoms with van der Waals surface area (Å²) in [7, 11) is 3.22. The predicted octanol–water partition coefficient (Wildman–Crippen LogP) is 6.54. The molecule has 0 bridgehead atoms. The number of nitrogens with zero attached hydrogens (tertiary/aromatic N) is 3. The molecule has 3 aromatic heterocycles. The molecule has 0 saturated carbocycles. The summed E-state index contributed by atoms with van der Waals surface area (Å²) >= 11 is 7.29. The Morgan fingerprint density at radius 1 is 1.06 bits per heavy atom. The number of furan rings is 1. The van der Waals surface area contributed by atoms with Gasteiger partial charge in [-0.15, -0.1) is 5.10 Å². The van der Waals surface area contributed by atoms with Gasteiger partial charge in [0.15, 0.2) is 5.76 Å². The summed E-state index contributed by atoms with van der Waals surface area (Å²) in [5, 5.41) is 9.91. The number of imidazole rings is 1. The molecule has 10 heteroatoms. The van der Waals surface area contributed by atoms with Crippen molar-refractivity contribution in [2.45, 2.75) is 19.3 Å². The van der Waals surface area contributed by atoms with Crippen LogP contribution in [0.3, 0.4) is 0 Å². The van der Waals surface area contributed by atoms with E-state index in [4.69, 9.17) is 30.2 Å². The molecule has 0 aliphatic rings. The van der Waals surface area contributed by atoms with Crippen molar-refractivity contribution in [1.82, 2.24) is 14.6 Å². The Hall–Kier alpha value is -3.43. The maximum Gasteiger partial charge on any atom is 0.294 e. The second-order valence-corrected chi connectivity index (χ2v) is 9.27. The smallest absolute Gasteiger partial charge is 0.294 e. The Morgan fingerprint density at radius 2 is 1.91 bits per heavy atom. The van der Waals surface area contributed by atoms with Crippen LogP contribution in [0.5, 0.6) is 16.7 Å². The van der Waals surface area contributed by atoms with Gasteiger partial charge in [0, 0.05) is 29.4 Å². The quantitative estimate of drug-likeness (QED) is 0.201. The number of halogens is 1. The van der Waals surface area contributed by atoms with E-state index in [0.717, 1.165) is 52.6 Å². The van der Waals surface area contributed by atoms with Crippen molar-refractivity contribution in [2.75, 3.05) is 32.7 Å². The summed E-state index contributed by atoms with van der Waals surface area (Å²) in [6, 6.07) is 13.4. The van der Waals surface area contributed by atoms with Gasteiger partial charge >= 0.3 is 0 Å². The number of rotatable bonds is 11. The zero-order valence-corrected chi connectivity index (χ0v) is 21.0. The van der Waals surface area contributed by atoms with E-state index in [1.54, 1.807) is 18.7 Å². The van der Waals surface area contributed by atoms with E-state index < -0.39 is 0 Å². The van der Waals surface area contributed by atoms with Crippen LogP contribution >= 0.6 is 22.9 Å². The molecule has 0 saturated heterocycles. The molecule has 35 heavy (non-hydrogen) atoms. The fourth-order valence-electron chi connectivity index (χ4n) is 3.72. The monoisotopic (exact) mass is 512 g/mol. The topological polar surface area (TPSA) is 83.1 Å². The SMILES string of the molecule is COc1cc(OCCCCCNc2ccc(Cl)cc2)c2cc(-c3cn4nc(OC)sc4n3)oc2c1. The standard InChI is InChI=1S/C25H25ClN4O4S/c1-31-18-12-21(33-11-5-3-4-10-27-17-8-6-16(26)7-9-17)19-14-23(34-22(19)13-18)20-15-30-24(28-20)35-25(29-30)32-2/h6-9,12-15,27H,3-5,10-11H2,1-2H3. The Kier molecular flexibility index (Phi) is 6.96. The van der Waals surface area contributed by atoms with Crippen LogP contribution in [-0.2, 0) is 0 Å². The van der Waals surface area contributed by atoms with Gasteiger partial charge in [-0.25, -0.2) is 9.50 Å². The summed E-state index contributed by atoms with van der Waals surface area (Å²) in [5.74, 6) is 2.05. The van der Waals surface area contributed by atoms with Crippen LogP contribution in [0.2, 0.25) is 5.02 Å². The minimum absolute atomic E-state index is 0.560. The van der Waals surface area contributed by atoms with Crippen LogP contribution in [-0.4, -0.2) is 42.0 Å². The first-order valence-electron chi connectivity index (χ1n) is 11.3. The normalized spacial score (nSPS) is 11.3. The molecule has 5 rings (SSSR count). The third-order valence-corrected chi connectivity index (χ3v) is 6.65. The minimum Gasteiger partial charge on any atom is -0.496 e. The Labute approximate surface area is 211 Å². The van der Waals surface area contributed by atoms with Gasteiger partial charge < -0.3 is 23.9 Å². The van der Waals surface area contributed by atoms with E-state index in [1.165, 1.54) is 11.3 Å². The number of benzene rings is 2. The third-order valence-electron chi connectivity index (χ3n) is 5.51. The minimum atomic E-state index is 0.560. The number of fused-ring (bicyclic) bond motifs is 2. The van der Waals surface area contributed by atoms with E-state index in [0.29, 0.717) is 34.6 Å². The van der Waals surface area contributed by atoms with Crippen molar-refractivity contribution in [3.8, 4) is 28.1 Å². The van der Waals surface area contributed by atoms with Gasteiger partial charge in [-0.3, -0.25) is 0 Å². The average molecular weight is 513 g/mol. The van der Waals surface area contributed by atoms with Gasteiger partial charge in [-0.1, -0.05) is 11.6 Å². The lowest BCUT2D eigenvalue weighted by Crippen LogP contribution is -2.03. The molecule has 3 heterocycles. The molecule has 8 nitrogen and oxygen atoms in total. The number of aromatic nitrogens is 3. The molecule has 1 N–H and O–H groups in total. The maximum atomic E-state index is 6.14. The Morgan fingerprint density at radius 3 is 2.69 bits per heavy atom. The molecular weight excluding hydrogens is 488 g/mol. The maximum absolute atomic E-state index is 6.14. The number of hydrogen-bond acceptors (Lipinski definition) is 8. The van der Waals surface area contributed by atoms with Crippen molar-refractivity contribution < 1.29 is 18.6 Å². The van der Waals surface area contributed by atoms with Crippen LogP contribution < -0.4 is 19.5 Å². The molecular formula is C25H25ClN4O4S. The highest BCUT2D eigenvalue weighted by molar-refractivity contribution is 7.18. The van der Waals surface area contributed by atoms with Gasteiger partial charge in [-0.05, 0) is 60.9 Å². The van der Waals surface area contributed by atoms with Crippen molar-refractivity contribution in [1.29, 1.82) is 0 Å². The van der Waals surface area contributed by atoms with Crippen molar-refractivity contribution in [3.05, 3.63) is 53.7 Å². The molecule has 5 aromatic rings. The molecule has 0 aliphatic heterocycles. The molecule has 0 aliphatic carbocycles. The first kappa shape index (κ1) is 23.3. The number of hydrogen-bond donors (Lipinski definition) is 1. The molecule has 0 unspecified atom stereocenters. The zero-order valence-electron chi connectivity index (χ0n) is 19.4. The lowest BCUT2D eigenvalue weighted by Gasteiger charge is -2.09. The Balaban J connectivity index is 1.21. The second-order valence-electron chi connectivity index (χ2n) is 7.92. The van der Waals surface area contributed by atoms with E-state index in [9.17, 15) is 0 Å². The lowest BCUT2D eigenvalue weighted by atomic mass is 10.2. The number of ether oxygens (including phenoxy) is 3. The van der Waals surface area contributed by atoms with Crippen LogP contribution in [0.25, 0.3) is 27.4 Å². The van der Waals surface area contributed by atoms with E-state index >= 15 is 0 Å². The number of unbranched alkanes of at least 4 members (excludes halogenated alkanes) is 2. The van der Waals surface area contributed by atoms with Gasteiger partial charge in [0.05, 0.1) is 32.4 Å². The van der Waals surface area contributed by atoms with Crippen LogP contribution in [0.4, 0.5) is 5.69 Å². The Bertz CT molecular complexity index is 1400. The molecule has 182 valence electrons. The van der Waals surface area contributed by atoms with Crippen molar-refractivity contribution in [3.63, 3.8) is 0 Å². The third kappa shape index (κ3) is 5.31. The largest absolute Gasteiger partial charge is 0.496 e. The second kappa shape index (κ2) is 10.5. The van der Waals surface area contributed by atoms with E-state index in [2.05, 4.69) is 15.4 Å². The van der Waals surface area contributed by atoms with E-state index in [-0.39, 0.29) is 0 Å². The van der Waals surface area contributed by atoms with Gasteiger partial charge in [0.1, 0.15) is 22.8 Å². The fourth-order valence-corrected chi connectivity index (χ4v) is 4.54. The van der Waals surface area contributed by atoms with Crippen LogP contribution in [0.15, 0.2) is 53.1 Å². The summed E-state index contributed by atoms with van der Waals surface area (Å²) < 4.78 is 24.5. The molecule has 2 aromatic carbocycles. The number of anilines is 1. The highest BCUT2D eigenvalue weighted by Crippen LogP contribution is 2.37. The van der Waals surface area contributed by atoms with E-state index in [1.807, 2.05) is 48.7 Å². The number of methoxy groups -OCH3 is 2. The van der Waals surface area contributed by atoms with Gasteiger partial charge in [0.25, 0.3) is 5.19 Å². The van der Waals surface area contributed by atoms with Gasteiger partial charge in [0.2, 0.25) is 4.96 Å². The summed E-state index contributed by atoms with van der Waals surface area (Å²) in [5.41, 5.74) is 2.46. The first-order chi connectivity index (χ1) is 17.1. The zero-order chi connectivity index (χ0) is 24.2. The highest BCUT2D eigenvalue weighted by atomic mass is 35.5. The first-order valence-corrected chi connectivity index (χ1v) is 12.5. The van der Waals surface area contributed by atoms with Gasteiger partial charge in [-0.2, -0.15) is 0 Å². The molecule has 0 fully saturated rings. The fraction of sp³-hybridized carbons (Fsp3) is 0.280. The highest BCUT2D eigenvalue weighted by Gasteiger charge is 2.17. The lowest BCUT2D eigenvalue weighted by molar-refractivity contribution is 0.307. The predicted molar refractivity (Wildman–Crippen MR) is 138 cm³/mol. The van der Waals surface area contributed by atoms with Crippen molar-refractivity contribution >= 4 is 44.6 Å². The summed E-state index contributed by atoms with van der Waals surface area (Å²) in [6.07, 6.45) is 4.86. The molecule has 0 spiro atoms. The van der Waals surface area contributed by atoms with Crippen LogP contribution in [0.1, 0.15) is 19.3 Å². The number of nitrogens with one attached hydrogen (secondary N) is 1. The molecule has 0 atom stereocenters. The summed E-state index contributed by atoms with van der Waals surface area (Å²) in [4.78, 5) is 5.34. The molecule has 0 radical (unpaired) electrons. The summed E-state index contributed by atoms with van der Waals surface area (Å²) in [6.45, 7) is 1.51.